The van der Waals surface area contributed by atoms with Gasteiger partial charge in [-0.25, -0.2) is 0 Å². The van der Waals surface area contributed by atoms with Gasteiger partial charge in [0.15, 0.2) is 30.6 Å². The fraction of sp³-hybridized carbons (Fsp3) is 0.577. The number of anilines is 1. The van der Waals surface area contributed by atoms with Gasteiger partial charge >= 0.3 is 0 Å². The van der Waals surface area contributed by atoms with Crippen LogP contribution in [0.4, 0.5) is 5.69 Å². The first-order valence-electron chi connectivity index (χ1n) is 12.5. The molecule has 0 aromatic heterocycles. The largest absolute Gasteiger partial charge is 0.493 e. The number of ether oxygens (including phenoxy) is 4. The molecule has 1 aromatic carbocycles. The molecule has 4 rings (SSSR count). The lowest BCUT2D eigenvalue weighted by Gasteiger charge is -2.38. The Morgan fingerprint density at radius 3 is 2.75 bits per heavy atom. The Labute approximate surface area is 211 Å². The van der Waals surface area contributed by atoms with Crippen LogP contribution < -0.4 is 19.7 Å². The number of nitrogens with one attached hydrogen (secondary N) is 1. The number of hydrogen-bond acceptors (Lipinski definition) is 7. The van der Waals surface area contributed by atoms with E-state index in [-0.39, 0.29) is 42.5 Å². The first-order valence-corrected chi connectivity index (χ1v) is 12.5. The number of hydrogen-bond donors (Lipinski definition) is 1. The fourth-order valence-electron chi connectivity index (χ4n) is 4.96. The Morgan fingerprint density at radius 1 is 1.22 bits per heavy atom. The summed E-state index contributed by atoms with van der Waals surface area (Å²) in [7, 11) is 2.98. The van der Waals surface area contributed by atoms with E-state index < -0.39 is 12.5 Å². The van der Waals surface area contributed by atoms with Crippen LogP contribution in [0.1, 0.15) is 55.3 Å². The quantitative estimate of drug-likeness (QED) is 0.519. The minimum atomic E-state index is -0.724. The molecule has 10 heteroatoms. The van der Waals surface area contributed by atoms with E-state index in [2.05, 4.69) is 11.9 Å². The molecule has 1 aromatic rings. The lowest BCUT2D eigenvalue weighted by Crippen LogP contribution is -2.54. The predicted molar refractivity (Wildman–Crippen MR) is 132 cm³/mol. The number of likely N-dealkylation sites (N-methyl/N-ethyl adjacent to an activating group) is 1. The van der Waals surface area contributed by atoms with E-state index in [4.69, 9.17) is 18.9 Å². The molecule has 3 amide bonds. The van der Waals surface area contributed by atoms with Gasteiger partial charge in [0.25, 0.3) is 11.8 Å². The third-order valence-corrected chi connectivity index (χ3v) is 6.81. The number of carbonyl (C=O) groups excluding carboxylic acids is 3. The van der Waals surface area contributed by atoms with Crippen LogP contribution in [0.3, 0.4) is 0 Å². The number of amides is 3. The van der Waals surface area contributed by atoms with Crippen molar-refractivity contribution in [3.63, 3.8) is 0 Å². The van der Waals surface area contributed by atoms with Crippen LogP contribution in [0.25, 0.3) is 0 Å². The fourth-order valence-corrected chi connectivity index (χ4v) is 4.96. The van der Waals surface area contributed by atoms with Crippen molar-refractivity contribution in [2.45, 2.75) is 63.5 Å². The van der Waals surface area contributed by atoms with Crippen LogP contribution in [0.2, 0.25) is 0 Å². The molecule has 196 valence electrons. The average molecular weight is 502 g/mol. The van der Waals surface area contributed by atoms with Gasteiger partial charge in [-0.1, -0.05) is 6.08 Å². The standard InChI is InChI=1S/C26H35N3O7/c1-4-5-10-23(31)29-19-15-21(35-16-22(30)27-2)20(33-3)14-17(19)25(32)28-12-8-9-18(28)26(29)36-24-11-6-7-13-34-24/h4,14-15,18,24,26H,1,5-13,16H2,2-3H3,(H,27,30)/t18-,24?,26?/m0/s1. The molecule has 0 radical (unpaired) electrons. The van der Waals surface area contributed by atoms with Crippen molar-refractivity contribution in [1.82, 2.24) is 10.2 Å². The molecule has 3 aliphatic rings. The summed E-state index contributed by atoms with van der Waals surface area (Å²) >= 11 is 0. The molecule has 0 saturated carbocycles. The maximum atomic E-state index is 13.8. The summed E-state index contributed by atoms with van der Waals surface area (Å²) in [4.78, 5) is 42.6. The van der Waals surface area contributed by atoms with Gasteiger partial charge in [0.2, 0.25) is 5.91 Å². The third kappa shape index (κ3) is 5.34. The summed E-state index contributed by atoms with van der Waals surface area (Å²) in [6, 6.07) is 2.87. The summed E-state index contributed by atoms with van der Waals surface area (Å²) in [6.45, 7) is 4.67. The Balaban J connectivity index is 1.81. The highest BCUT2D eigenvalue weighted by atomic mass is 16.7. The van der Waals surface area contributed by atoms with Crippen molar-refractivity contribution >= 4 is 23.4 Å². The molecule has 2 saturated heterocycles. The number of carbonyl (C=O) groups is 3. The molecule has 3 atom stereocenters. The van der Waals surface area contributed by atoms with Crippen molar-refractivity contribution in [2.24, 2.45) is 0 Å². The van der Waals surface area contributed by atoms with Crippen LogP contribution in [0.15, 0.2) is 24.8 Å². The Morgan fingerprint density at radius 2 is 2.06 bits per heavy atom. The molecule has 2 unspecified atom stereocenters. The lowest BCUT2D eigenvalue weighted by atomic mass is 10.1. The zero-order valence-electron chi connectivity index (χ0n) is 21.0. The molecule has 10 nitrogen and oxygen atoms in total. The first-order chi connectivity index (χ1) is 17.5. The Bertz CT molecular complexity index is 992. The predicted octanol–water partition coefficient (Wildman–Crippen LogP) is 2.61. The smallest absolute Gasteiger partial charge is 0.257 e. The monoisotopic (exact) mass is 501 g/mol. The molecule has 36 heavy (non-hydrogen) atoms. The van der Waals surface area contributed by atoms with Crippen LogP contribution in [-0.4, -0.2) is 75.1 Å². The number of allylic oxidation sites excluding steroid dienone is 1. The van der Waals surface area contributed by atoms with Crippen molar-refractivity contribution < 1.29 is 33.3 Å². The molecule has 2 fully saturated rings. The van der Waals surface area contributed by atoms with E-state index in [1.165, 1.54) is 14.2 Å². The maximum Gasteiger partial charge on any atom is 0.257 e. The zero-order valence-corrected chi connectivity index (χ0v) is 21.0. The lowest BCUT2D eigenvalue weighted by molar-refractivity contribution is -0.197. The van der Waals surface area contributed by atoms with Gasteiger partial charge in [-0.05, 0) is 44.6 Å². The average Bonchev–Trinajstić information content (AvgIpc) is 3.37. The van der Waals surface area contributed by atoms with Crippen molar-refractivity contribution in [3.05, 3.63) is 30.4 Å². The van der Waals surface area contributed by atoms with E-state index in [9.17, 15) is 14.4 Å². The molecule has 0 aliphatic carbocycles. The number of benzene rings is 1. The van der Waals surface area contributed by atoms with E-state index in [0.29, 0.717) is 43.0 Å². The summed E-state index contributed by atoms with van der Waals surface area (Å²) in [6.07, 6.45) is 5.38. The summed E-state index contributed by atoms with van der Waals surface area (Å²) in [5.41, 5.74) is 0.700. The maximum absolute atomic E-state index is 13.8. The van der Waals surface area contributed by atoms with Crippen LogP contribution in [0.5, 0.6) is 11.5 Å². The van der Waals surface area contributed by atoms with E-state index in [0.717, 1.165) is 25.7 Å². The second-order valence-corrected chi connectivity index (χ2v) is 9.10. The van der Waals surface area contributed by atoms with E-state index >= 15 is 0 Å². The number of nitrogens with zero attached hydrogens (tertiary/aromatic N) is 2. The van der Waals surface area contributed by atoms with Gasteiger partial charge in [-0.2, -0.15) is 0 Å². The van der Waals surface area contributed by atoms with Gasteiger partial charge in [0, 0.05) is 32.7 Å². The topological polar surface area (TPSA) is 107 Å². The number of rotatable bonds is 9. The van der Waals surface area contributed by atoms with Crippen molar-refractivity contribution in [1.29, 1.82) is 0 Å². The van der Waals surface area contributed by atoms with Crippen LogP contribution >= 0.6 is 0 Å². The van der Waals surface area contributed by atoms with E-state index in [1.54, 1.807) is 28.0 Å². The van der Waals surface area contributed by atoms with Crippen LogP contribution in [0, 0.1) is 0 Å². The second kappa shape index (κ2) is 11.7. The van der Waals surface area contributed by atoms with Gasteiger partial charge in [0.1, 0.15) is 0 Å². The normalized spacial score (nSPS) is 23.4. The summed E-state index contributed by atoms with van der Waals surface area (Å²) < 4.78 is 23.6. The van der Waals surface area contributed by atoms with E-state index in [1.807, 2.05) is 0 Å². The second-order valence-electron chi connectivity index (χ2n) is 9.10. The van der Waals surface area contributed by atoms with Crippen molar-refractivity contribution in [3.8, 4) is 11.5 Å². The molecule has 1 N–H and O–H groups in total. The molecule has 3 heterocycles. The Kier molecular flexibility index (Phi) is 8.48. The highest BCUT2D eigenvalue weighted by molar-refractivity contribution is 6.07. The zero-order chi connectivity index (χ0) is 25.7. The molecule has 0 bridgehead atoms. The number of fused-ring (bicyclic) bond motifs is 2. The molecular formula is C26H35N3O7. The molecular weight excluding hydrogens is 466 g/mol. The summed E-state index contributed by atoms with van der Waals surface area (Å²) in [5, 5.41) is 2.51. The van der Waals surface area contributed by atoms with Gasteiger partial charge in [-0.15, -0.1) is 6.58 Å². The van der Waals surface area contributed by atoms with Gasteiger partial charge in [-0.3, -0.25) is 19.3 Å². The van der Waals surface area contributed by atoms with Gasteiger partial charge in [0.05, 0.1) is 24.4 Å². The minimum absolute atomic E-state index is 0.194. The SMILES string of the molecule is C=CCCC(=O)N1c2cc(OCC(=O)NC)c(OC)cc2C(=O)N2CCC[C@H]2C1OC1CCCCO1. The third-order valence-electron chi connectivity index (χ3n) is 6.81. The highest BCUT2D eigenvalue weighted by Gasteiger charge is 2.47. The summed E-state index contributed by atoms with van der Waals surface area (Å²) in [5.74, 6) is -0.154. The van der Waals surface area contributed by atoms with Crippen molar-refractivity contribution in [2.75, 3.05) is 38.8 Å². The molecule has 3 aliphatic heterocycles. The van der Waals surface area contributed by atoms with Gasteiger partial charge < -0.3 is 29.2 Å². The Hall–Kier alpha value is -3.11. The molecule has 0 spiro atoms. The number of methoxy groups -OCH3 is 1. The highest BCUT2D eigenvalue weighted by Crippen LogP contribution is 2.42. The van der Waals surface area contributed by atoms with Crippen LogP contribution in [-0.2, 0) is 19.1 Å². The minimum Gasteiger partial charge on any atom is -0.493 e. The first kappa shape index (κ1) is 26.0.